The SMILES string of the molecule is CC(C)S(=O)C1=Nc2ccncc2SN1. The molecule has 0 spiro atoms. The Kier molecular flexibility index (Phi) is 3.06. The lowest BCUT2D eigenvalue weighted by atomic mass is 10.4. The molecule has 1 aliphatic heterocycles. The number of hydrogen-bond acceptors (Lipinski definition) is 5. The van der Waals surface area contributed by atoms with Crippen LogP contribution in [0.15, 0.2) is 28.3 Å². The van der Waals surface area contributed by atoms with Gasteiger partial charge in [0.05, 0.1) is 21.4 Å². The summed E-state index contributed by atoms with van der Waals surface area (Å²) in [5.41, 5.74) is 0.831. The molecule has 0 amide bonds. The first-order valence-electron chi connectivity index (χ1n) is 4.54. The minimum atomic E-state index is -1.07. The van der Waals surface area contributed by atoms with Crippen molar-refractivity contribution in [1.29, 1.82) is 0 Å². The van der Waals surface area contributed by atoms with Crippen LogP contribution in [-0.2, 0) is 10.8 Å². The average Bonchev–Trinajstić information content (AvgIpc) is 2.27. The second-order valence-corrected chi connectivity index (χ2v) is 6.08. The highest BCUT2D eigenvalue weighted by molar-refractivity contribution is 8.05. The highest BCUT2D eigenvalue weighted by atomic mass is 32.2. The standard InChI is InChI=1S/C9H11N3OS2/c1-6(2)15(13)9-11-7-3-4-10-5-8(7)14-12-9/h3-6H,1-2H3,(H,11,12). The number of aromatic nitrogens is 1. The van der Waals surface area contributed by atoms with E-state index in [1.54, 1.807) is 12.4 Å². The van der Waals surface area contributed by atoms with Gasteiger partial charge in [0.2, 0.25) is 5.17 Å². The summed E-state index contributed by atoms with van der Waals surface area (Å²) in [6.07, 6.45) is 3.43. The number of nitrogens with one attached hydrogen (secondary N) is 1. The first-order valence-corrected chi connectivity index (χ1v) is 6.57. The Bertz CT molecular complexity index is 431. The summed E-state index contributed by atoms with van der Waals surface area (Å²) in [5, 5.41) is 0.605. The summed E-state index contributed by atoms with van der Waals surface area (Å²) in [6, 6.07) is 1.82. The molecule has 0 saturated heterocycles. The molecule has 80 valence electrons. The van der Waals surface area contributed by atoms with E-state index in [1.165, 1.54) is 11.9 Å². The molecule has 0 aromatic carbocycles. The van der Waals surface area contributed by atoms with Crippen molar-refractivity contribution in [3.05, 3.63) is 18.5 Å². The van der Waals surface area contributed by atoms with E-state index in [2.05, 4.69) is 14.7 Å². The van der Waals surface area contributed by atoms with Crippen LogP contribution in [0.2, 0.25) is 0 Å². The Morgan fingerprint density at radius 1 is 1.53 bits per heavy atom. The fourth-order valence-electron chi connectivity index (χ4n) is 1.08. The minimum absolute atomic E-state index is 0.0697. The van der Waals surface area contributed by atoms with Crippen LogP contribution in [-0.4, -0.2) is 19.6 Å². The van der Waals surface area contributed by atoms with Gasteiger partial charge < -0.3 is 4.72 Å². The Morgan fingerprint density at radius 2 is 2.33 bits per heavy atom. The Hall–Kier alpha value is -0.880. The van der Waals surface area contributed by atoms with Crippen LogP contribution in [0, 0.1) is 0 Å². The lowest BCUT2D eigenvalue weighted by Crippen LogP contribution is -2.28. The van der Waals surface area contributed by atoms with Gasteiger partial charge in [0.25, 0.3) is 0 Å². The monoisotopic (exact) mass is 241 g/mol. The maximum absolute atomic E-state index is 11.8. The lowest BCUT2D eigenvalue weighted by Gasteiger charge is -2.16. The number of fused-ring (bicyclic) bond motifs is 1. The molecule has 1 N–H and O–H groups in total. The largest absolute Gasteiger partial charge is 0.303 e. The van der Waals surface area contributed by atoms with Gasteiger partial charge in [-0.25, -0.2) is 4.99 Å². The van der Waals surface area contributed by atoms with E-state index in [9.17, 15) is 4.21 Å². The molecule has 1 atom stereocenters. The van der Waals surface area contributed by atoms with Crippen LogP contribution in [0.5, 0.6) is 0 Å². The zero-order valence-electron chi connectivity index (χ0n) is 8.43. The van der Waals surface area contributed by atoms with Gasteiger partial charge in [-0.2, -0.15) is 0 Å². The lowest BCUT2D eigenvalue weighted by molar-refractivity contribution is 0.683. The number of amidine groups is 1. The molecule has 15 heavy (non-hydrogen) atoms. The van der Waals surface area contributed by atoms with Gasteiger partial charge in [0.15, 0.2) is 0 Å². The molecule has 4 nitrogen and oxygen atoms in total. The smallest absolute Gasteiger partial charge is 0.203 e. The van der Waals surface area contributed by atoms with E-state index in [0.29, 0.717) is 5.17 Å². The summed E-state index contributed by atoms with van der Waals surface area (Å²) in [7, 11) is -1.07. The van der Waals surface area contributed by atoms with Crippen LogP contribution < -0.4 is 4.72 Å². The third-order valence-electron chi connectivity index (χ3n) is 1.85. The van der Waals surface area contributed by atoms with Crippen molar-refractivity contribution in [3.63, 3.8) is 0 Å². The van der Waals surface area contributed by atoms with Crippen molar-refractivity contribution in [2.75, 3.05) is 0 Å². The zero-order chi connectivity index (χ0) is 10.8. The molecule has 0 fully saturated rings. The van der Waals surface area contributed by atoms with Gasteiger partial charge in [0.1, 0.15) is 0 Å². The summed E-state index contributed by atoms with van der Waals surface area (Å²) in [5.74, 6) is 0. The summed E-state index contributed by atoms with van der Waals surface area (Å²) in [4.78, 5) is 9.27. The van der Waals surface area contributed by atoms with Crippen molar-refractivity contribution in [2.45, 2.75) is 24.0 Å². The maximum Gasteiger partial charge on any atom is 0.203 e. The Morgan fingerprint density at radius 3 is 3.07 bits per heavy atom. The highest BCUT2D eigenvalue weighted by Crippen LogP contribution is 2.30. The van der Waals surface area contributed by atoms with Crippen LogP contribution in [0.25, 0.3) is 0 Å². The Balaban J connectivity index is 2.33. The molecule has 1 unspecified atom stereocenters. The predicted molar refractivity (Wildman–Crippen MR) is 63.6 cm³/mol. The van der Waals surface area contributed by atoms with Gasteiger partial charge in [-0.05, 0) is 18.0 Å². The van der Waals surface area contributed by atoms with E-state index in [-0.39, 0.29) is 5.25 Å². The van der Waals surface area contributed by atoms with Crippen LogP contribution in [0.1, 0.15) is 13.8 Å². The number of nitrogens with zero attached hydrogens (tertiary/aromatic N) is 2. The molecule has 1 aromatic heterocycles. The van der Waals surface area contributed by atoms with Crippen LogP contribution in [0.4, 0.5) is 5.69 Å². The molecule has 0 saturated carbocycles. The fraction of sp³-hybridized carbons (Fsp3) is 0.333. The number of aliphatic imine (C=N–C) groups is 1. The summed E-state index contributed by atoms with van der Waals surface area (Å²) >= 11 is 1.41. The van der Waals surface area contributed by atoms with Crippen molar-refractivity contribution in [2.24, 2.45) is 4.99 Å². The zero-order valence-corrected chi connectivity index (χ0v) is 10.1. The fourth-order valence-corrected chi connectivity index (χ4v) is 2.75. The first-order chi connectivity index (χ1) is 7.18. The van der Waals surface area contributed by atoms with E-state index in [1.807, 2.05) is 19.9 Å². The normalized spacial score (nSPS) is 16.6. The first kappa shape index (κ1) is 10.6. The van der Waals surface area contributed by atoms with Crippen molar-refractivity contribution >= 4 is 33.6 Å². The minimum Gasteiger partial charge on any atom is -0.303 e. The Labute approximate surface area is 95.2 Å². The maximum atomic E-state index is 11.8. The van der Waals surface area contributed by atoms with Crippen LogP contribution >= 0.6 is 11.9 Å². The summed E-state index contributed by atoms with van der Waals surface area (Å²) in [6.45, 7) is 3.82. The van der Waals surface area contributed by atoms with Crippen molar-refractivity contribution in [1.82, 2.24) is 9.71 Å². The average molecular weight is 241 g/mol. The van der Waals surface area contributed by atoms with Gasteiger partial charge in [-0.1, -0.05) is 13.8 Å². The van der Waals surface area contributed by atoms with E-state index >= 15 is 0 Å². The highest BCUT2D eigenvalue weighted by Gasteiger charge is 2.19. The quantitative estimate of drug-likeness (QED) is 0.762. The molecule has 2 rings (SSSR count). The molecule has 0 radical (unpaired) electrons. The molecular weight excluding hydrogens is 230 g/mol. The predicted octanol–water partition coefficient (Wildman–Crippen LogP) is 1.84. The van der Waals surface area contributed by atoms with Gasteiger partial charge in [-0.15, -0.1) is 0 Å². The van der Waals surface area contributed by atoms with E-state index in [4.69, 9.17) is 0 Å². The number of rotatable bonds is 1. The van der Waals surface area contributed by atoms with Crippen molar-refractivity contribution in [3.8, 4) is 0 Å². The molecule has 6 heteroatoms. The second kappa shape index (κ2) is 4.32. The molecular formula is C9H11N3OS2. The molecule has 0 aliphatic carbocycles. The molecule has 1 aliphatic rings. The number of pyridine rings is 1. The summed E-state index contributed by atoms with van der Waals surface area (Å²) < 4.78 is 14.8. The van der Waals surface area contributed by atoms with E-state index in [0.717, 1.165) is 10.6 Å². The topological polar surface area (TPSA) is 54.4 Å². The van der Waals surface area contributed by atoms with Gasteiger partial charge in [0, 0.05) is 17.6 Å². The number of hydrogen-bond donors (Lipinski definition) is 1. The third kappa shape index (κ3) is 2.21. The molecule has 1 aromatic rings. The third-order valence-corrected chi connectivity index (χ3v) is 4.24. The molecule has 2 heterocycles. The van der Waals surface area contributed by atoms with Gasteiger partial charge in [-0.3, -0.25) is 9.19 Å². The van der Waals surface area contributed by atoms with E-state index < -0.39 is 10.8 Å². The van der Waals surface area contributed by atoms with Crippen molar-refractivity contribution < 1.29 is 4.21 Å². The molecule has 0 bridgehead atoms. The van der Waals surface area contributed by atoms with Crippen LogP contribution in [0.3, 0.4) is 0 Å². The van der Waals surface area contributed by atoms with Gasteiger partial charge >= 0.3 is 0 Å². The second-order valence-electron chi connectivity index (χ2n) is 3.31.